The average Bonchev–Trinajstić information content (AvgIpc) is 2.48. The second kappa shape index (κ2) is 7.05. The molecule has 106 valence electrons. The first-order chi connectivity index (χ1) is 9.72. The van der Waals surface area contributed by atoms with E-state index >= 15 is 0 Å². The fraction of sp³-hybridized carbons (Fsp3) is 0.333. The second-order valence-electron chi connectivity index (χ2n) is 4.53. The van der Waals surface area contributed by atoms with Crippen LogP contribution in [0.25, 0.3) is 0 Å². The summed E-state index contributed by atoms with van der Waals surface area (Å²) in [6.07, 6.45) is 4.54. The highest BCUT2D eigenvalue weighted by atomic mass is 19.2. The molecule has 0 radical (unpaired) electrons. The zero-order chi connectivity index (χ0) is 14.4. The van der Waals surface area contributed by atoms with E-state index in [2.05, 4.69) is 15.3 Å². The Hall–Kier alpha value is -1.88. The highest BCUT2D eigenvalue weighted by molar-refractivity contribution is 5.21. The van der Waals surface area contributed by atoms with Gasteiger partial charge in [-0.2, -0.15) is 0 Å². The average molecular weight is 277 g/mol. The van der Waals surface area contributed by atoms with Gasteiger partial charge in [-0.05, 0) is 37.1 Å². The largest absolute Gasteiger partial charge is 0.307 e. The van der Waals surface area contributed by atoms with Gasteiger partial charge in [0.2, 0.25) is 0 Å². The van der Waals surface area contributed by atoms with Gasteiger partial charge in [-0.1, -0.05) is 19.1 Å². The van der Waals surface area contributed by atoms with Crippen LogP contribution < -0.4 is 5.32 Å². The van der Waals surface area contributed by atoms with Crippen molar-refractivity contribution in [3.8, 4) is 0 Å². The predicted molar refractivity (Wildman–Crippen MR) is 73.1 cm³/mol. The van der Waals surface area contributed by atoms with Crippen molar-refractivity contribution in [2.45, 2.75) is 25.8 Å². The van der Waals surface area contributed by atoms with Gasteiger partial charge in [-0.3, -0.25) is 0 Å². The fourth-order valence-electron chi connectivity index (χ4n) is 1.99. The van der Waals surface area contributed by atoms with E-state index in [0.29, 0.717) is 17.8 Å². The van der Waals surface area contributed by atoms with Crippen molar-refractivity contribution in [1.82, 2.24) is 15.3 Å². The molecule has 1 aromatic carbocycles. The minimum Gasteiger partial charge on any atom is -0.307 e. The summed E-state index contributed by atoms with van der Waals surface area (Å²) < 4.78 is 27.0. The molecule has 0 bridgehead atoms. The molecular formula is C15H17F2N3. The first-order valence-electron chi connectivity index (χ1n) is 6.65. The Morgan fingerprint density at radius 3 is 2.60 bits per heavy atom. The molecule has 0 amide bonds. The lowest BCUT2D eigenvalue weighted by atomic mass is 10.0. The quantitative estimate of drug-likeness (QED) is 0.882. The normalized spacial score (nSPS) is 12.3. The molecule has 3 nitrogen and oxygen atoms in total. The maximum atomic E-state index is 13.8. The van der Waals surface area contributed by atoms with Gasteiger partial charge in [0.15, 0.2) is 11.6 Å². The van der Waals surface area contributed by atoms with Gasteiger partial charge >= 0.3 is 0 Å². The third kappa shape index (κ3) is 3.57. The third-order valence-electron chi connectivity index (χ3n) is 2.99. The van der Waals surface area contributed by atoms with Crippen LogP contribution in [0.1, 0.15) is 30.8 Å². The second-order valence-corrected chi connectivity index (χ2v) is 4.53. The summed E-state index contributed by atoms with van der Waals surface area (Å²) in [5, 5.41) is 3.27. The Bertz CT molecular complexity index is 546. The number of hydrogen-bond donors (Lipinski definition) is 1. The van der Waals surface area contributed by atoms with Gasteiger partial charge in [-0.25, -0.2) is 18.7 Å². The number of benzene rings is 1. The Kier molecular flexibility index (Phi) is 5.12. The van der Waals surface area contributed by atoms with E-state index in [-0.39, 0.29) is 6.04 Å². The lowest BCUT2D eigenvalue weighted by molar-refractivity contribution is 0.467. The Morgan fingerprint density at radius 2 is 1.90 bits per heavy atom. The molecule has 1 aromatic heterocycles. The van der Waals surface area contributed by atoms with Crippen molar-refractivity contribution in [3.05, 3.63) is 59.7 Å². The summed E-state index contributed by atoms with van der Waals surface area (Å²) in [7, 11) is 0. The van der Waals surface area contributed by atoms with Crippen LogP contribution in [0, 0.1) is 11.6 Å². The minimum absolute atomic E-state index is 0.229. The van der Waals surface area contributed by atoms with E-state index in [4.69, 9.17) is 0 Å². The number of halogens is 2. The molecule has 1 unspecified atom stereocenters. The van der Waals surface area contributed by atoms with Gasteiger partial charge < -0.3 is 5.32 Å². The third-order valence-corrected chi connectivity index (χ3v) is 2.99. The van der Waals surface area contributed by atoms with E-state index < -0.39 is 11.6 Å². The zero-order valence-electron chi connectivity index (χ0n) is 11.3. The van der Waals surface area contributed by atoms with Crippen LogP contribution in [0.3, 0.4) is 0 Å². The highest BCUT2D eigenvalue weighted by Gasteiger charge is 2.17. The van der Waals surface area contributed by atoms with Gasteiger partial charge in [0, 0.05) is 12.4 Å². The van der Waals surface area contributed by atoms with Crippen molar-refractivity contribution >= 4 is 0 Å². The van der Waals surface area contributed by atoms with Crippen molar-refractivity contribution in [1.29, 1.82) is 0 Å². The standard InChI is InChI=1S/C15H17F2N3/c1-2-7-18-13(15-19-8-4-9-20-15)10-11-5-3-6-12(16)14(11)17/h3-6,8-9,13,18H,2,7,10H2,1H3. The lowest BCUT2D eigenvalue weighted by Crippen LogP contribution is -2.26. The van der Waals surface area contributed by atoms with Crippen molar-refractivity contribution < 1.29 is 8.78 Å². The van der Waals surface area contributed by atoms with Crippen LogP contribution in [-0.2, 0) is 6.42 Å². The molecule has 0 aliphatic rings. The molecule has 0 aliphatic carbocycles. The zero-order valence-corrected chi connectivity index (χ0v) is 11.3. The molecular weight excluding hydrogens is 260 g/mol. The van der Waals surface area contributed by atoms with Gasteiger partial charge in [-0.15, -0.1) is 0 Å². The summed E-state index contributed by atoms with van der Waals surface area (Å²) in [6, 6.07) is 5.71. The molecule has 0 fully saturated rings. The summed E-state index contributed by atoms with van der Waals surface area (Å²) in [6.45, 7) is 2.80. The number of rotatable bonds is 6. The van der Waals surface area contributed by atoms with Crippen LogP contribution in [-0.4, -0.2) is 16.5 Å². The Labute approximate surface area is 117 Å². The fourth-order valence-corrected chi connectivity index (χ4v) is 1.99. The maximum absolute atomic E-state index is 13.8. The molecule has 2 rings (SSSR count). The molecule has 5 heteroatoms. The van der Waals surface area contributed by atoms with E-state index in [0.717, 1.165) is 19.0 Å². The molecule has 0 spiro atoms. The maximum Gasteiger partial charge on any atom is 0.162 e. The van der Waals surface area contributed by atoms with Crippen LogP contribution >= 0.6 is 0 Å². The summed E-state index contributed by atoms with van der Waals surface area (Å²) >= 11 is 0. The number of aromatic nitrogens is 2. The Morgan fingerprint density at radius 1 is 1.15 bits per heavy atom. The van der Waals surface area contributed by atoms with Crippen LogP contribution in [0.15, 0.2) is 36.7 Å². The molecule has 1 atom stereocenters. The van der Waals surface area contributed by atoms with Crippen LogP contribution in [0.2, 0.25) is 0 Å². The number of nitrogens with zero attached hydrogens (tertiary/aromatic N) is 2. The summed E-state index contributed by atoms with van der Waals surface area (Å²) in [4.78, 5) is 8.38. The summed E-state index contributed by atoms with van der Waals surface area (Å²) in [5.74, 6) is -1.04. The van der Waals surface area contributed by atoms with E-state index in [1.807, 2.05) is 6.92 Å². The first kappa shape index (κ1) is 14.5. The number of hydrogen-bond acceptors (Lipinski definition) is 3. The van der Waals surface area contributed by atoms with Crippen molar-refractivity contribution in [2.75, 3.05) is 6.54 Å². The van der Waals surface area contributed by atoms with Gasteiger partial charge in [0.1, 0.15) is 5.82 Å². The van der Waals surface area contributed by atoms with Crippen molar-refractivity contribution in [3.63, 3.8) is 0 Å². The van der Waals surface area contributed by atoms with Crippen LogP contribution in [0.4, 0.5) is 8.78 Å². The minimum atomic E-state index is -0.828. The number of nitrogens with one attached hydrogen (secondary N) is 1. The lowest BCUT2D eigenvalue weighted by Gasteiger charge is -2.17. The van der Waals surface area contributed by atoms with Crippen molar-refractivity contribution in [2.24, 2.45) is 0 Å². The van der Waals surface area contributed by atoms with E-state index in [1.54, 1.807) is 24.5 Å². The monoisotopic (exact) mass is 277 g/mol. The summed E-state index contributed by atoms with van der Waals surface area (Å²) in [5.41, 5.74) is 0.325. The van der Waals surface area contributed by atoms with Gasteiger partial charge in [0.25, 0.3) is 0 Å². The molecule has 1 heterocycles. The molecule has 1 N–H and O–H groups in total. The molecule has 2 aromatic rings. The smallest absolute Gasteiger partial charge is 0.162 e. The SMILES string of the molecule is CCCNC(Cc1cccc(F)c1F)c1ncccn1. The molecule has 0 saturated carbocycles. The molecule has 0 aliphatic heterocycles. The van der Waals surface area contributed by atoms with Crippen LogP contribution in [0.5, 0.6) is 0 Å². The predicted octanol–water partition coefficient (Wildman–Crippen LogP) is 3.04. The molecule has 0 saturated heterocycles. The molecule has 20 heavy (non-hydrogen) atoms. The van der Waals surface area contributed by atoms with E-state index in [1.165, 1.54) is 6.07 Å². The topological polar surface area (TPSA) is 37.8 Å². The van der Waals surface area contributed by atoms with Gasteiger partial charge in [0.05, 0.1) is 6.04 Å². The highest BCUT2D eigenvalue weighted by Crippen LogP contribution is 2.19. The first-order valence-corrected chi connectivity index (χ1v) is 6.65. The Balaban J connectivity index is 2.21. The van der Waals surface area contributed by atoms with E-state index in [9.17, 15) is 8.78 Å².